The zero-order valence-electron chi connectivity index (χ0n) is 9.29. The molecule has 2 N–H and O–H groups in total. The van der Waals surface area contributed by atoms with E-state index in [-0.39, 0.29) is 0 Å². The molecule has 1 aromatic carbocycles. The maximum absolute atomic E-state index is 5.63. The molecule has 2 nitrogen and oxygen atoms in total. The molecule has 0 unspecified atom stereocenters. The highest BCUT2D eigenvalue weighted by molar-refractivity contribution is 9.10. The average Bonchev–Trinajstić information content (AvgIpc) is 2.57. The largest absolute Gasteiger partial charge is 0.370 e. The van der Waals surface area contributed by atoms with E-state index in [1.54, 1.807) is 0 Å². The predicted octanol–water partition coefficient (Wildman–Crippen LogP) is 2.85. The van der Waals surface area contributed by atoms with Crippen molar-refractivity contribution in [3.63, 3.8) is 0 Å². The number of nitrogens with zero attached hydrogens (tertiary/aromatic N) is 1. The SMILES string of the molecule is NCc1ccc(N2CCCSCC2)c(Br)c1. The minimum atomic E-state index is 0.606. The van der Waals surface area contributed by atoms with E-state index in [1.165, 1.54) is 33.7 Å². The predicted molar refractivity (Wildman–Crippen MR) is 76.2 cm³/mol. The summed E-state index contributed by atoms with van der Waals surface area (Å²) in [5, 5.41) is 0. The molecule has 0 radical (unpaired) electrons. The third-order valence-electron chi connectivity index (χ3n) is 2.81. The standard InChI is InChI=1S/C12H17BrN2S/c13-11-8-10(9-14)2-3-12(11)15-4-1-6-16-7-5-15/h2-3,8H,1,4-7,9,14H2. The van der Waals surface area contributed by atoms with Crippen LogP contribution < -0.4 is 10.6 Å². The Morgan fingerprint density at radius 3 is 2.94 bits per heavy atom. The number of rotatable bonds is 2. The fourth-order valence-electron chi connectivity index (χ4n) is 1.92. The number of thioether (sulfide) groups is 1. The van der Waals surface area contributed by atoms with Crippen LogP contribution in [0.25, 0.3) is 0 Å². The summed E-state index contributed by atoms with van der Waals surface area (Å²) in [6.07, 6.45) is 1.27. The second kappa shape index (κ2) is 5.94. The third-order valence-corrected chi connectivity index (χ3v) is 4.49. The first kappa shape index (κ1) is 12.3. The molecule has 1 aliphatic rings. The summed E-state index contributed by atoms with van der Waals surface area (Å²) in [5.41, 5.74) is 8.12. The smallest absolute Gasteiger partial charge is 0.0511 e. The third kappa shape index (κ3) is 2.93. The Labute approximate surface area is 110 Å². The first-order chi connectivity index (χ1) is 7.81. The van der Waals surface area contributed by atoms with Gasteiger partial charge in [0.05, 0.1) is 5.69 Å². The number of benzene rings is 1. The van der Waals surface area contributed by atoms with Crippen molar-refractivity contribution in [1.82, 2.24) is 0 Å². The van der Waals surface area contributed by atoms with E-state index in [1.807, 2.05) is 0 Å². The van der Waals surface area contributed by atoms with Gasteiger partial charge in [-0.1, -0.05) is 6.07 Å². The highest BCUT2D eigenvalue weighted by atomic mass is 79.9. The summed E-state index contributed by atoms with van der Waals surface area (Å²) in [7, 11) is 0. The lowest BCUT2D eigenvalue weighted by Gasteiger charge is -2.24. The summed E-state index contributed by atoms with van der Waals surface area (Å²) in [6.45, 7) is 2.91. The molecule has 0 aromatic heterocycles. The maximum atomic E-state index is 5.63. The van der Waals surface area contributed by atoms with E-state index in [0.717, 1.165) is 13.1 Å². The molecule has 1 saturated heterocycles. The number of nitrogens with two attached hydrogens (primary N) is 1. The Hall–Kier alpha value is -0.190. The van der Waals surface area contributed by atoms with Crippen LogP contribution in [0.3, 0.4) is 0 Å². The Bertz CT molecular complexity index is 349. The number of hydrogen-bond acceptors (Lipinski definition) is 3. The van der Waals surface area contributed by atoms with E-state index < -0.39 is 0 Å². The highest BCUT2D eigenvalue weighted by Crippen LogP contribution is 2.28. The summed E-state index contributed by atoms with van der Waals surface area (Å²) < 4.78 is 1.17. The van der Waals surface area contributed by atoms with Crippen molar-refractivity contribution in [2.75, 3.05) is 29.5 Å². The Kier molecular flexibility index (Phi) is 4.55. The van der Waals surface area contributed by atoms with Gasteiger partial charge in [-0.2, -0.15) is 11.8 Å². The molecule has 1 aromatic rings. The van der Waals surface area contributed by atoms with Gasteiger partial charge in [-0.15, -0.1) is 0 Å². The van der Waals surface area contributed by atoms with Crippen LogP contribution >= 0.6 is 27.7 Å². The molecule has 88 valence electrons. The van der Waals surface area contributed by atoms with Gasteiger partial charge in [-0.3, -0.25) is 0 Å². The molecule has 4 heteroatoms. The van der Waals surface area contributed by atoms with E-state index in [2.05, 4.69) is 50.8 Å². The minimum Gasteiger partial charge on any atom is -0.370 e. The van der Waals surface area contributed by atoms with Gasteiger partial charge in [-0.25, -0.2) is 0 Å². The van der Waals surface area contributed by atoms with E-state index in [4.69, 9.17) is 5.73 Å². The van der Waals surface area contributed by atoms with Crippen LogP contribution in [0.15, 0.2) is 22.7 Å². The Morgan fingerprint density at radius 2 is 2.19 bits per heavy atom. The lowest BCUT2D eigenvalue weighted by Crippen LogP contribution is -2.25. The molecular formula is C12H17BrN2S. The molecular weight excluding hydrogens is 284 g/mol. The normalized spacial score (nSPS) is 17.2. The van der Waals surface area contributed by atoms with Crippen molar-refractivity contribution in [3.8, 4) is 0 Å². The second-order valence-corrected chi connectivity index (χ2v) is 6.02. The molecule has 0 bridgehead atoms. The lowest BCUT2D eigenvalue weighted by molar-refractivity contribution is 0.814. The van der Waals surface area contributed by atoms with Crippen LogP contribution in [-0.4, -0.2) is 24.6 Å². The van der Waals surface area contributed by atoms with Gasteiger partial charge in [0.25, 0.3) is 0 Å². The van der Waals surface area contributed by atoms with Gasteiger partial charge in [0.1, 0.15) is 0 Å². The first-order valence-electron chi connectivity index (χ1n) is 5.62. The van der Waals surface area contributed by atoms with Crippen LogP contribution in [0.5, 0.6) is 0 Å². The lowest BCUT2D eigenvalue weighted by atomic mass is 10.2. The summed E-state index contributed by atoms with van der Waals surface area (Å²) in [6, 6.07) is 6.44. The van der Waals surface area contributed by atoms with Crippen LogP contribution in [-0.2, 0) is 6.54 Å². The molecule has 16 heavy (non-hydrogen) atoms. The second-order valence-electron chi connectivity index (χ2n) is 3.94. The number of anilines is 1. The average molecular weight is 301 g/mol. The van der Waals surface area contributed by atoms with Gasteiger partial charge in [0, 0.05) is 29.9 Å². The van der Waals surface area contributed by atoms with Crippen LogP contribution in [0.1, 0.15) is 12.0 Å². The Morgan fingerprint density at radius 1 is 1.31 bits per heavy atom. The quantitative estimate of drug-likeness (QED) is 0.911. The monoisotopic (exact) mass is 300 g/mol. The highest BCUT2D eigenvalue weighted by Gasteiger charge is 2.12. The molecule has 1 fully saturated rings. The first-order valence-corrected chi connectivity index (χ1v) is 7.57. The van der Waals surface area contributed by atoms with Crippen LogP contribution in [0, 0.1) is 0 Å². The number of hydrogen-bond donors (Lipinski definition) is 1. The number of halogens is 1. The minimum absolute atomic E-state index is 0.606. The van der Waals surface area contributed by atoms with Gasteiger partial charge in [0.2, 0.25) is 0 Å². The van der Waals surface area contributed by atoms with Crippen LogP contribution in [0.2, 0.25) is 0 Å². The van der Waals surface area contributed by atoms with E-state index in [9.17, 15) is 0 Å². The fraction of sp³-hybridized carbons (Fsp3) is 0.500. The topological polar surface area (TPSA) is 29.3 Å². The summed E-state index contributed by atoms with van der Waals surface area (Å²) in [5.74, 6) is 2.51. The van der Waals surface area contributed by atoms with Crippen molar-refractivity contribution >= 4 is 33.4 Å². The van der Waals surface area contributed by atoms with E-state index >= 15 is 0 Å². The van der Waals surface area contributed by atoms with Crippen molar-refractivity contribution in [1.29, 1.82) is 0 Å². The van der Waals surface area contributed by atoms with Crippen LogP contribution in [0.4, 0.5) is 5.69 Å². The van der Waals surface area contributed by atoms with Gasteiger partial charge in [-0.05, 0) is 45.8 Å². The Balaban J connectivity index is 2.18. The summed E-state index contributed by atoms with van der Waals surface area (Å²) in [4.78, 5) is 2.46. The van der Waals surface area contributed by atoms with Crippen molar-refractivity contribution < 1.29 is 0 Å². The van der Waals surface area contributed by atoms with Crippen molar-refractivity contribution in [2.45, 2.75) is 13.0 Å². The van der Waals surface area contributed by atoms with Gasteiger partial charge in [0.15, 0.2) is 0 Å². The molecule has 0 amide bonds. The van der Waals surface area contributed by atoms with E-state index in [0.29, 0.717) is 6.54 Å². The zero-order chi connectivity index (χ0) is 11.4. The molecule has 0 spiro atoms. The fourth-order valence-corrected chi connectivity index (χ4v) is 3.48. The molecule has 0 aliphatic carbocycles. The van der Waals surface area contributed by atoms with Gasteiger partial charge >= 0.3 is 0 Å². The van der Waals surface area contributed by atoms with Crippen molar-refractivity contribution in [3.05, 3.63) is 28.2 Å². The molecule has 0 saturated carbocycles. The molecule has 0 atom stereocenters. The zero-order valence-corrected chi connectivity index (χ0v) is 11.7. The van der Waals surface area contributed by atoms with Gasteiger partial charge < -0.3 is 10.6 Å². The molecule has 1 aliphatic heterocycles. The molecule has 1 heterocycles. The van der Waals surface area contributed by atoms with Crippen molar-refractivity contribution in [2.24, 2.45) is 5.73 Å². The summed E-state index contributed by atoms with van der Waals surface area (Å²) >= 11 is 5.70. The molecule has 2 rings (SSSR count). The maximum Gasteiger partial charge on any atom is 0.0511 e.